The van der Waals surface area contributed by atoms with Gasteiger partial charge in [0.2, 0.25) is 0 Å². The summed E-state index contributed by atoms with van der Waals surface area (Å²) in [4.78, 5) is 7.05. The molecule has 1 atom stereocenters. The minimum absolute atomic E-state index is 0. The van der Waals surface area contributed by atoms with Gasteiger partial charge in [0.1, 0.15) is 5.82 Å². The van der Waals surface area contributed by atoms with E-state index in [0.717, 1.165) is 32.0 Å². The number of imidazole rings is 1. The smallest absolute Gasteiger partial charge is 0.127 e. The Labute approximate surface area is 146 Å². The van der Waals surface area contributed by atoms with Gasteiger partial charge in [0.15, 0.2) is 0 Å². The van der Waals surface area contributed by atoms with Crippen molar-refractivity contribution in [2.75, 3.05) is 19.6 Å². The molecule has 2 heterocycles. The molecule has 1 aliphatic heterocycles. The molecule has 0 radical (unpaired) electrons. The van der Waals surface area contributed by atoms with Crippen LogP contribution in [0.25, 0.3) is 0 Å². The lowest BCUT2D eigenvalue weighted by Gasteiger charge is -2.36. The largest absolute Gasteiger partial charge is 0.337 e. The highest BCUT2D eigenvalue weighted by Crippen LogP contribution is 2.26. The van der Waals surface area contributed by atoms with Crippen LogP contribution in [0.3, 0.4) is 0 Å². The average molecular weight is 386 g/mol. The molecular formula is C16H22BrClN4. The summed E-state index contributed by atoms with van der Waals surface area (Å²) >= 11 is 3.69. The molecule has 1 aromatic carbocycles. The first-order chi connectivity index (χ1) is 10.1. The van der Waals surface area contributed by atoms with Crippen LogP contribution in [0, 0.1) is 6.92 Å². The van der Waals surface area contributed by atoms with Gasteiger partial charge in [-0.05, 0) is 24.1 Å². The summed E-state index contributed by atoms with van der Waals surface area (Å²) in [6.07, 6.45) is 3.90. The van der Waals surface area contributed by atoms with Crippen molar-refractivity contribution in [1.82, 2.24) is 19.8 Å². The van der Waals surface area contributed by atoms with Crippen molar-refractivity contribution in [1.29, 1.82) is 0 Å². The Bertz CT molecular complexity index is 628. The Morgan fingerprint density at radius 1 is 1.41 bits per heavy atom. The van der Waals surface area contributed by atoms with Crippen molar-refractivity contribution < 1.29 is 0 Å². The van der Waals surface area contributed by atoms with Crippen LogP contribution in [-0.2, 0) is 13.6 Å². The number of rotatable bonds is 3. The first kappa shape index (κ1) is 17.5. The van der Waals surface area contributed by atoms with Crippen LogP contribution in [0.15, 0.2) is 35.1 Å². The quantitative estimate of drug-likeness (QED) is 0.881. The van der Waals surface area contributed by atoms with E-state index in [1.54, 1.807) is 0 Å². The summed E-state index contributed by atoms with van der Waals surface area (Å²) in [7, 11) is 2.07. The zero-order chi connectivity index (χ0) is 14.8. The van der Waals surface area contributed by atoms with E-state index in [1.807, 2.05) is 12.4 Å². The van der Waals surface area contributed by atoms with Crippen LogP contribution < -0.4 is 5.32 Å². The van der Waals surface area contributed by atoms with Gasteiger partial charge in [0.05, 0.1) is 6.04 Å². The van der Waals surface area contributed by atoms with E-state index in [4.69, 9.17) is 0 Å². The number of benzene rings is 1. The fourth-order valence-electron chi connectivity index (χ4n) is 2.89. The van der Waals surface area contributed by atoms with Gasteiger partial charge in [-0.25, -0.2) is 4.98 Å². The van der Waals surface area contributed by atoms with E-state index in [1.165, 1.54) is 15.6 Å². The van der Waals surface area contributed by atoms with E-state index < -0.39 is 0 Å². The zero-order valence-corrected chi connectivity index (χ0v) is 15.3. The molecule has 120 valence electrons. The summed E-state index contributed by atoms with van der Waals surface area (Å²) in [5.74, 6) is 1.13. The van der Waals surface area contributed by atoms with Crippen LogP contribution in [-0.4, -0.2) is 34.1 Å². The van der Waals surface area contributed by atoms with Crippen LogP contribution in [0.2, 0.25) is 0 Å². The van der Waals surface area contributed by atoms with Crippen LogP contribution in [0.5, 0.6) is 0 Å². The SMILES string of the molecule is Cc1ccc(CN2CCNCC2c2nccn2C)c(Br)c1.Cl. The van der Waals surface area contributed by atoms with Gasteiger partial charge in [-0.1, -0.05) is 28.1 Å². The number of hydrogen-bond donors (Lipinski definition) is 1. The normalized spacial score (nSPS) is 19.0. The van der Waals surface area contributed by atoms with Gasteiger partial charge < -0.3 is 9.88 Å². The number of nitrogens with zero attached hydrogens (tertiary/aromatic N) is 3. The number of halogens is 2. The maximum absolute atomic E-state index is 4.54. The number of aryl methyl sites for hydroxylation is 2. The molecule has 0 amide bonds. The van der Waals surface area contributed by atoms with Crippen LogP contribution in [0.4, 0.5) is 0 Å². The lowest BCUT2D eigenvalue weighted by molar-refractivity contribution is 0.144. The van der Waals surface area contributed by atoms with Crippen molar-refractivity contribution >= 4 is 28.3 Å². The molecule has 22 heavy (non-hydrogen) atoms. The molecule has 1 fully saturated rings. The first-order valence-electron chi connectivity index (χ1n) is 7.32. The van der Waals surface area contributed by atoms with Gasteiger partial charge >= 0.3 is 0 Å². The Kier molecular flexibility index (Phi) is 6.03. The molecule has 3 rings (SSSR count). The molecule has 2 aromatic rings. The second-order valence-electron chi connectivity index (χ2n) is 5.68. The van der Waals surface area contributed by atoms with Crippen molar-refractivity contribution in [3.63, 3.8) is 0 Å². The highest BCUT2D eigenvalue weighted by Gasteiger charge is 2.27. The summed E-state index contributed by atoms with van der Waals surface area (Å²) in [5, 5.41) is 3.48. The van der Waals surface area contributed by atoms with E-state index >= 15 is 0 Å². The third kappa shape index (κ3) is 3.71. The fourth-order valence-corrected chi connectivity index (χ4v) is 3.51. The first-order valence-corrected chi connectivity index (χ1v) is 8.11. The van der Waals surface area contributed by atoms with Gasteiger partial charge in [0.25, 0.3) is 0 Å². The molecule has 1 aliphatic rings. The molecule has 0 spiro atoms. The molecule has 1 saturated heterocycles. The second kappa shape index (κ2) is 7.59. The number of aromatic nitrogens is 2. The third-order valence-corrected chi connectivity index (χ3v) is 4.83. The average Bonchev–Trinajstić information content (AvgIpc) is 2.89. The van der Waals surface area contributed by atoms with E-state index in [9.17, 15) is 0 Å². The maximum atomic E-state index is 4.54. The number of hydrogen-bond acceptors (Lipinski definition) is 3. The van der Waals surface area contributed by atoms with Gasteiger partial charge in [-0.2, -0.15) is 0 Å². The van der Waals surface area contributed by atoms with Gasteiger partial charge in [-0.15, -0.1) is 12.4 Å². The lowest BCUT2D eigenvalue weighted by atomic mass is 10.1. The minimum Gasteiger partial charge on any atom is -0.337 e. The Balaban J connectivity index is 0.00000176. The van der Waals surface area contributed by atoms with Crippen molar-refractivity contribution in [2.24, 2.45) is 7.05 Å². The molecule has 0 bridgehead atoms. The summed E-state index contributed by atoms with van der Waals surface area (Å²) in [5.41, 5.74) is 2.62. The Morgan fingerprint density at radius 3 is 2.91 bits per heavy atom. The highest BCUT2D eigenvalue weighted by atomic mass is 79.9. The highest BCUT2D eigenvalue weighted by molar-refractivity contribution is 9.10. The predicted octanol–water partition coefficient (Wildman–Crippen LogP) is 3.06. The van der Waals surface area contributed by atoms with Crippen LogP contribution >= 0.6 is 28.3 Å². The fraction of sp³-hybridized carbons (Fsp3) is 0.438. The van der Waals surface area contributed by atoms with E-state index in [0.29, 0.717) is 6.04 Å². The molecule has 1 unspecified atom stereocenters. The van der Waals surface area contributed by atoms with Crippen molar-refractivity contribution in [2.45, 2.75) is 19.5 Å². The summed E-state index contributed by atoms with van der Waals surface area (Å²) in [6.45, 7) is 6.09. The van der Waals surface area contributed by atoms with Crippen LogP contribution in [0.1, 0.15) is 23.0 Å². The van der Waals surface area contributed by atoms with Crippen molar-refractivity contribution in [3.05, 3.63) is 52.0 Å². The maximum Gasteiger partial charge on any atom is 0.127 e. The molecule has 1 aromatic heterocycles. The summed E-state index contributed by atoms with van der Waals surface area (Å²) < 4.78 is 3.31. The molecule has 4 nitrogen and oxygen atoms in total. The third-order valence-electron chi connectivity index (χ3n) is 4.09. The summed E-state index contributed by atoms with van der Waals surface area (Å²) in [6, 6.07) is 6.91. The standard InChI is InChI=1S/C16H21BrN4.ClH/c1-12-3-4-13(14(17)9-12)11-21-8-5-18-10-15(21)16-19-6-7-20(16)2;/h3-4,6-7,9,15,18H,5,8,10-11H2,1-2H3;1H. The van der Waals surface area contributed by atoms with Gasteiger partial charge in [-0.3, -0.25) is 4.90 Å². The zero-order valence-electron chi connectivity index (χ0n) is 12.9. The monoisotopic (exact) mass is 384 g/mol. The molecule has 6 heteroatoms. The number of piperazine rings is 1. The minimum atomic E-state index is 0. The number of nitrogens with one attached hydrogen (secondary N) is 1. The van der Waals surface area contributed by atoms with E-state index in [2.05, 4.69) is 67.9 Å². The second-order valence-corrected chi connectivity index (χ2v) is 6.54. The van der Waals surface area contributed by atoms with E-state index in [-0.39, 0.29) is 12.4 Å². The van der Waals surface area contributed by atoms with Crippen molar-refractivity contribution in [3.8, 4) is 0 Å². The molecule has 0 saturated carbocycles. The Hall–Kier alpha value is -0.880. The lowest BCUT2D eigenvalue weighted by Crippen LogP contribution is -2.46. The molecule has 1 N–H and O–H groups in total. The Morgan fingerprint density at radius 2 is 2.23 bits per heavy atom. The van der Waals surface area contributed by atoms with Gasteiger partial charge in [0, 0.05) is 50.1 Å². The molecule has 0 aliphatic carbocycles. The topological polar surface area (TPSA) is 33.1 Å². The molecular weight excluding hydrogens is 364 g/mol. The predicted molar refractivity (Wildman–Crippen MR) is 95.4 cm³/mol.